The highest BCUT2D eigenvalue weighted by Crippen LogP contribution is 2.29. The molecule has 1 aromatic heterocycles. The zero-order valence-electron chi connectivity index (χ0n) is 11.7. The van der Waals surface area contributed by atoms with Gasteiger partial charge in [-0.15, -0.1) is 0 Å². The lowest BCUT2D eigenvalue weighted by molar-refractivity contribution is 0.397. The number of aromatic amines is 1. The van der Waals surface area contributed by atoms with E-state index in [0.29, 0.717) is 28.2 Å². The molecule has 0 atom stereocenters. The molecule has 3 rings (SSSR count). The molecule has 0 bridgehead atoms. The van der Waals surface area contributed by atoms with E-state index in [0.717, 1.165) is 5.56 Å². The predicted octanol–water partition coefficient (Wildman–Crippen LogP) is 2.61. The van der Waals surface area contributed by atoms with E-state index in [-0.39, 0.29) is 5.56 Å². The minimum atomic E-state index is -0.246. The number of hydrogen-bond acceptors (Lipinski definition) is 4. The molecule has 0 unspecified atom stereocenters. The second-order valence-electron chi connectivity index (χ2n) is 4.51. The Bertz CT molecular complexity index is 841. The molecule has 1 heterocycles. The summed E-state index contributed by atoms with van der Waals surface area (Å²) in [6, 6.07) is 12.8. The Hall–Kier alpha value is -2.82. The maximum atomic E-state index is 12.2. The summed E-state index contributed by atoms with van der Waals surface area (Å²) >= 11 is 0. The second kappa shape index (κ2) is 5.28. The second-order valence-corrected chi connectivity index (χ2v) is 4.51. The highest BCUT2D eigenvalue weighted by molar-refractivity contribution is 5.84. The molecule has 0 aliphatic carbocycles. The van der Waals surface area contributed by atoms with Gasteiger partial charge < -0.3 is 14.5 Å². The Labute approximate surface area is 121 Å². The van der Waals surface area contributed by atoms with E-state index in [1.54, 1.807) is 26.4 Å². The summed E-state index contributed by atoms with van der Waals surface area (Å²) in [6.45, 7) is 0. The first-order valence-corrected chi connectivity index (χ1v) is 6.44. The van der Waals surface area contributed by atoms with Gasteiger partial charge in [0.05, 0.1) is 19.7 Å². The van der Waals surface area contributed by atoms with Gasteiger partial charge >= 0.3 is 0 Å². The van der Waals surface area contributed by atoms with Gasteiger partial charge in [0, 0.05) is 17.7 Å². The van der Waals surface area contributed by atoms with Crippen LogP contribution in [0, 0.1) is 0 Å². The van der Waals surface area contributed by atoms with E-state index < -0.39 is 0 Å². The van der Waals surface area contributed by atoms with Gasteiger partial charge in [0.1, 0.15) is 22.7 Å². The smallest absolute Gasteiger partial charge is 0.274 e. The Morgan fingerprint density at radius 1 is 1.05 bits per heavy atom. The summed E-state index contributed by atoms with van der Waals surface area (Å²) in [5.41, 5.74) is 2.06. The summed E-state index contributed by atoms with van der Waals surface area (Å²) in [4.78, 5) is 19.5. The van der Waals surface area contributed by atoms with Crippen molar-refractivity contribution in [1.82, 2.24) is 9.97 Å². The topological polar surface area (TPSA) is 64.2 Å². The highest BCUT2D eigenvalue weighted by Gasteiger charge is 2.12. The van der Waals surface area contributed by atoms with E-state index in [9.17, 15) is 4.79 Å². The first kappa shape index (κ1) is 13.2. The van der Waals surface area contributed by atoms with Crippen LogP contribution in [0.1, 0.15) is 0 Å². The molecule has 106 valence electrons. The van der Waals surface area contributed by atoms with Gasteiger partial charge in [0.15, 0.2) is 0 Å². The van der Waals surface area contributed by atoms with Crippen LogP contribution in [-0.4, -0.2) is 24.2 Å². The van der Waals surface area contributed by atoms with Crippen LogP contribution in [0.3, 0.4) is 0 Å². The van der Waals surface area contributed by atoms with Crippen LogP contribution in [0.4, 0.5) is 0 Å². The van der Waals surface area contributed by atoms with Crippen LogP contribution in [0.25, 0.3) is 22.3 Å². The Morgan fingerprint density at radius 3 is 2.48 bits per heavy atom. The van der Waals surface area contributed by atoms with Gasteiger partial charge in [-0.3, -0.25) is 4.79 Å². The number of nitrogens with zero attached hydrogens (tertiary/aromatic N) is 1. The Kier molecular flexibility index (Phi) is 3.31. The Balaban J connectivity index is 2.31. The van der Waals surface area contributed by atoms with Gasteiger partial charge in [0.2, 0.25) is 0 Å². The van der Waals surface area contributed by atoms with Crippen molar-refractivity contribution in [2.45, 2.75) is 0 Å². The molecule has 1 N–H and O–H groups in total. The molecule has 0 radical (unpaired) electrons. The third-order valence-electron chi connectivity index (χ3n) is 3.24. The SMILES string of the molecule is COc1cc(OC)c2nc(-c3ccccc3)c(=O)[nH]c2c1. The standard InChI is InChI=1S/C16H14N2O3/c1-20-11-8-12-15(13(9-11)21-2)18-14(16(19)17-12)10-6-4-3-5-7-10/h3-9H,1-2H3,(H,17,19). The van der Waals surface area contributed by atoms with Crippen molar-refractivity contribution >= 4 is 11.0 Å². The van der Waals surface area contributed by atoms with Crippen molar-refractivity contribution in [3.05, 3.63) is 52.8 Å². The molecule has 21 heavy (non-hydrogen) atoms. The molecule has 0 amide bonds. The lowest BCUT2D eigenvalue weighted by Gasteiger charge is -2.09. The molecule has 0 fully saturated rings. The van der Waals surface area contributed by atoms with Crippen LogP contribution < -0.4 is 15.0 Å². The van der Waals surface area contributed by atoms with Gasteiger partial charge in [-0.1, -0.05) is 30.3 Å². The molecular formula is C16H14N2O3. The summed E-state index contributed by atoms with van der Waals surface area (Å²) < 4.78 is 10.5. The van der Waals surface area contributed by atoms with Crippen molar-refractivity contribution < 1.29 is 9.47 Å². The van der Waals surface area contributed by atoms with Crippen molar-refractivity contribution in [3.63, 3.8) is 0 Å². The minimum absolute atomic E-state index is 0.246. The first-order valence-electron chi connectivity index (χ1n) is 6.44. The molecule has 5 nitrogen and oxygen atoms in total. The number of rotatable bonds is 3. The average Bonchev–Trinajstić information content (AvgIpc) is 2.53. The number of benzene rings is 2. The number of aromatic nitrogens is 2. The largest absolute Gasteiger partial charge is 0.497 e. The summed E-state index contributed by atoms with van der Waals surface area (Å²) in [5.74, 6) is 1.15. The molecule has 0 saturated heterocycles. The lowest BCUT2D eigenvalue weighted by atomic mass is 10.1. The van der Waals surface area contributed by atoms with Crippen molar-refractivity contribution in [3.8, 4) is 22.8 Å². The van der Waals surface area contributed by atoms with Gasteiger partial charge in [-0.05, 0) is 0 Å². The minimum Gasteiger partial charge on any atom is -0.497 e. The number of nitrogens with one attached hydrogen (secondary N) is 1. The number of methoxy groups -OCH3 is 2. The molecule has 0 aliphatic rings. The number of hydrogen-bond donors (Lipinski definition) is 1. The molecule has 0 saturated carbocycles. The number of H-pyrrole nitrogens is 1. The third-order valence-corrected chi connectivity index (χ3v) is 3.24. The van der Waals surface area contributed by atoms with E-state index in [4.69, 9.17) is 9.47 Å². The fraction of sp³-hybridized carbons (Fsp3) is 0.125. The van der Waals surface area contributed by atoms with Gasteiger partial charge in [-0.2, -0.15) is 0 Å². The normalized spacial score (nSPS) is 10.6. The first-order chi connectivity index (χ1) is 10.2. The molecule has 2 aromatic carbocycles. The Morgan fingerprint density at radius 2 is 1.81 bits per heavy atom. The van der Waals surface area contributed by atoms with E-state index in [1.165, 1.54) is 0 Å². The fourth-order valence-electron chi connectivity index (χ4n) is 2.20. The van der Waals surface area contributed by atoms with Gasteiger partial charge in [-0.25, -0.2) is 4.98 Å². The summed E-state index contributed by atoms with van der Waals surface area (Å²) in [7, 11) is 3.12. The van der Waals surface area contributed by atoms with Crippen LogP contribution in [0.2, 0.25) is 0 Å². The van der Waals surface area contributed by atoms with Crippen molar-refractivity contribution in [2.24, 2.45) is 0 Å². The quantitative estimate of drug-likeness (QED) is 0.802. The molecule has 0 spiro atoms. The number of fused-ring (bicyclic) bond motifs is 1. The average molecular weight is 282 g/mol. The fourth-order valence-corrected chi connectivity index (χ4v) is 2.20. The predicted molar refractivity (Wildman–Crippen MR) is 80.9 cm³/mol. The molecule has 0 aliphatic heterocycles. The zero-order chi connectivity index (χ0) is 14.8. The van der Waals surface area contributed by atoms with Crippen LogP contribution in [0.15, 0.2) is 47.3 Å². The maximum absolute atomic E-state index is 12.2. The van der Waals surface area contributed by atoms with Gasteiger partial charge in [0.25, 0.3) is 5.56 Å². The number of ether oxygens (including phenoxy) is 2. The van der Waals surface area contributed by atoms with E-state index >= 15 is 0 Å². The van der Waals surface area contributed by atoms with E-state index in [1.807, 2.05) is 30.3 Å². The lowest BCUT2D eigenvalue weighted by Crippen LogP contribution is -2.12. The van der Waals surface area contributed by atoms with Crippen LogP contribution in [-0.2, 0) is 0 Å². The molecule has 5 heteroatoms. The summed E-state index contributed by atoms with van der Waals surface area (Å²) in [6.07, 6.45) is 0. The zero-order valence-corrected chi connectivity index (χ0v) is 11.7. The van der Waals surface area contributed by atoms with Crippen molar-refractivity contribution in [1.29, 1.82) is 0 Å². The van der Waals surface area contributed by atoms with Crippen molar-refractivity contribution in [2.75, 3.05) is 14.2 Å². The molecular weight excluding hydrogens is 268 g/mol. The van der Waals surface area contributed by atoms with E-state index in [2.05, 4.69) is 9.97 Å². The maximum Gasteiger partial charge on any atom is 0.274 e. The van der Waals surface area contributed by atoms with Crippen LogP contribution in [0.5, 0.6) is 11.5 Å². The highest BCUT2D eigenvalue weighted by atomic mass is 16.5. The monoisotopic (exact) mass is 282 g/mol. The molecule has 3 aromatic rings. The summed E-state index contributed by atoms with van der Waals surface area (Å²) in [5, 5.41) is 0. The van der Waals surface area contributed by atoms with Crippen LogP contribution >= 0.6 is 0 Å². The third kappa shape index (κ3) is 2.33.